The maximum atomic E-state index is 12.0. The average molecular weight is 288 g/mol. The fourth-order valence-corrected chi connectivity index (χ4v) is 2.87. The normalized spacial score (nSPS) is 27.5. The smallest absolute Gasteiger partial charge is 0.410 e. The molecule has 0 N–H and O–H groups in total. The Bertz CT molecular complexity index is 387. The van der Waals surface area contributed by atoms with Crippen molar-refractivity contribution in [3.63, 3.8) is 0 Å². The van der Waals surface area contributed by atoms with Crippen LogP contribution in [0.1, 0.15) is 46.5 Å². The van der Waals surface area contributed by atoms with E-state index in [0.29, 0.717) is 25.4 Å². The van der Waals surface area contributed by atoms with E-state index in [1.54, 1.807) is 4.90 Å². The highest BCUT2D eigenvalue weighted by Gasteiger charge is 2.48. The third kappa shape index (κ3) is 3.62. The molecule has 2 aliphatic rings. The summed E-state index contributed by atoms with van der Waals surface area (Å²) >= 11 is 5.80. The van der Waals surface area contributed by atoms with E-state index in [1.807, 2.05) is 20.8 Å². The Hall–Kier alpha value is -0.770. The van der Waals surface area contributed by atoms with Gasteiger partial charge < -0.3 is 9.64 Å². The number of ether oxygens (including phenoxy) is 1. The molecule has 1 saturated carbocycles. The van der Waals surface area contributed by atoms with Crippen molar-refractivity contribution in [1.82, 2.24) is 4.90 Å². The number of hydrogen-bond donors (Lipinski definition) is 0. The van der Waals surface area contributed by atoms with Gasteiger partial charge in [-0.25, -0.2) is 4.79 Å². The molecule has 1 amide bonds. The quantitative estimate of drug-likeness (QED) is 0.749. The molecule has 0 aromatic heterocycles. The Morgan fingerprint density at radius 2 is 2.00 bits per heavy atom. The zero-order chi connectivity index (χ0) is 14.3. The summed E-state index contributed by atoms with van der Waals surface area (Å²) in [7, 11) is 0. The molecule has 1 aliphatic heterocycles. The largest absolute Gasteiger partial charge is 0.444 e. The lowest BCUT2D eigenvalue weighted by atomic mass is 9.83. The Kier molecular flexibility index (Phi) is 3.83. The van der Waals surface area contributed by atoms with E-state index >= 15 is 0 Å². The highest BCUT2D eigenvalue weighted by atomic mass is 35.5. The monoisotopic (exact) mass is 287 g/mol. The fraction of sp³-hybridized carbons (Fsp3) is 0.857. The molecular formula is C14H22ClNO3. The van der Waals surface area contributed by atoms with Crippen LogP contribution in [0.5, 0.6) is 0 Å². The lowest BCUT2D eigenvalue weighted by molar-refractivity contribution is -0.120. The number of carbonyl (C=O) groups excluding carboxylic acids is 2. The molecule has 0 aromatic rings. The maximum absolute atomic E-state index is 12.0. The summed E-state index contributed by atoms with van der Waals surface area (Å²) in [5.41, 5.74) is -1.05. The van der Waals surface area contributed by atoms with Crippen LogP contribution in [0.3, 0.4) is 0 Å². The van der Waals surface area contributed by atoms with Gasteiger partial charge in [-0.3, -0.25) is 4.79 Å². The summed E-state index contributed by atoms with van der Waals surface area (Å²) in [6.45, 7) is 6.47. The van der Waals surface area contributed by atoms with Crippen molar-refractivity contribution < 1.29 is 14.3 Å². The molecule has 1 atom stereocenters. The zero-order valence-corrected chi connectivity index (χ0v) is 12.6. The second-order valence-electron chi connectivity index (χ2n) is 6.85. The first-order valence-electron chi connectivity index (χ1n) is 6.90. The molecule has 19 heavy (non-hydrogen) atoms. The Balaban J connectivity index is 1.99. The number of likely N-dealkylation sites (tertiary alicyclic amines) is 1. The van der Waals surface area contributed by atoms with E-state index in [-0.39, 0.29) is 11.3 Å². The van der Waals surface area contributed by atoms with E-state index in [2.05, 4.69) is 0 Å². The van der Waals surface area contributed by atoms with Crippen LogP contribution in [0.4, 0.5) is 4.79 Å². The van der Waals surface area contributed by atoms with Gasteiger partial charge in [-0.15, -0.1) is 0 Å². The van der Waals surface area contributed by atoms with Crippen molar-refractivity contribution in [2.75, 3.05) is 13.1 Å². The molecule has 2 rings (SSSR count). The molecule has 108 valence electrons. The topological polar surface area (TPSA) is 46.6 Å². The summed E-state index contributed by atoms with van der Waals surface area (Å²) in [5, 5.41) is -0.301. The van der Waals surface area contributed by atoms with Crippen molar-refractivity contribution >= 4 is 22.9 Å². The van der Waals surface area contributed by atoms with Gasteiger partial charge in [-0.1, -0.05) is 12.8 Å². The number of carbonyl (C=O) groups is 2. The summed E-state index contributed by atoms with van der Waals surface area (Å²) < 4.78 is 5.35. The van der Waals surface area contributed by atoms with Gasteiger partial charge in [0.1, 0.15) is 5.60 Å². The predicted molar refractivity (Wildman–Crippen MR) is 73.1 cm³/mol. The Labute approximate surface area is 119 Å². The zero-order valence-electron chi connectivity index (χ0n) is 11.9. The first-order valence-corrected chi connectivity index (χ1v) is 7.27. The third-order valence-electron chi connectivity index (χ3n) is 3.80. The van der Waals surface area contributed by atoms with Crippen molar-refractivity contribution in [2.24, 2.45) is 11.3 Å². The summed E-state index contributed by atoms with van der Waals surface area (Å²) in [6, 6.07) is 0. The minimum Gasteiger partial charge on any atom is -0.444 e. The van der Waals surface area contributed by atoms with E-state index < -0.39 is 11.0 Å². The predicted octanol–water partition coefficient (Wildman–Crippen LogP) is 3.18. The van der Waals surface area contributed by atoms with Crippen molar-refractivity contribution in [3.8, 4) is 0 Å². The molecule has 0 aromatic carbocycles. The van der Waals surface area contributed by atoms with E-state index in [0.717, 1.165) is 6.42 Å². The number of nitrogens with zero attached hydrogens (tertiary/aromatic N) is 1. The third-order valence-corrected chi connectivity index (χ3v) is 4.20. The second-order valence-corrected chi connectivity index (χ2v) is 7.20. The highest BCUT2D eigenvalue weighted by Crippen LogP contribution is 2.46. The van der Waals surface area contributed by atoms with Crippen LogP contribution in [-0.2, 0) is 9.53 Å². The van der Waals surface area contributed by atoms with Gasteiger partial charge >= 0.3 is 6.09 Å². The molecule has 1 unspecified atom stereocenters. The Morgan fingerprint density at radius 1 is 1.37 bits per heavy atom. The van der Waals surface area contributed by atoms with Crippen LogP contribution in [0.25, 0.3) is 0 Å². The van der Waals surface area contributed by atoms with E-state index in [9.17, 15) is 9.59 Å². The van der Waals surface area contributed by atoms with Gasteiger partial charge in [-0.05, 0) is 51.1 Å². The lowest BCUT2D eigenvalue weighted by Gasteiger charge is -2.27. The van der Waals surface area contributed by atoms with Crippen LogP contribution in [0.2, 0.25) is 0 Å². The first kappa shape index (κ1) is 14.6. The summed E-state index contributed by atoms with van der Waals surface area (Å²) in [5.74, 6) is 0.612. The van der Waals surface area contributed by atoms with Crippen LogP contribution >= 0.6 is 11.6 Å². The fourth-order valence-electron chi connectivity index (χ4n) is 2.64. The van der Waals surface area contributed by atoms with E-state index in [4.69, 9.17) is 16.3 Å². The van der Waals surface area contributed by atoms with Gasteiger partial charge in [0.25, 0.3) is 0 Å². The molecule has 5 heteroatoms. The molecule has 4 nitrogen and oxygen atoms in total. The maximum Gasteiger partial charge on any atom is 0.410 e. The molecular weight excluding hydrogens is 266 g/mol. The van der Waals surface area contributed by atoms with Gasteiger partial charge in [-0.2, -0.15) is 0 Å². The first-order chi connectivity index (χ1) is 8.72. The number of rotatable bonds is 3. The standard InChI is InChI=1S/C14H22ClNO3/c1-13(2,3)19-12(18)16-7-6-14(9-16,11(15)17)8-10-4-5-10/h10H,4-9H2,1-3H3. The second kappa shape index (κ2) is 4.97. The highest BCUT2D eigenvalue weighted by molar-refractivity contribution is 6.64. The number of halogens is 1. The van der Waals surface area contributed by atoms with Crippen molar-refractivity contribution in [1.29, 1.82) is 0 Å². The molecule has 1 saturated heterocycles. The molecule has 1 heterocycles. The minimum atomic E-state index is -0.542. The summed E-state index contributed by atoms with van der Waals surface area (Å²) in [4.78, 5) is 25.4. The van der Waals surface area contributed by atoms with Gasteiger partial charge in [0, 0.05) is 13.1 Å². The molecule has 0 spiro atoms. The number of amides is 1. The molecule has 0 bridgehead atoms. The van der Waals surface area contributed by atoms with Gasteiger partial charge in [0.15, 0.2) is 0 Å². The minimum absolute atomic E-state index is 0.301. The van der Waals surface area contributed by atoms with Crippen LogP contribution < -0.4 is 0 Å². The van der Waals surface area contributed by atoms with Crippen molar-refractivity contribution in [3.05, 3.63) is 0 Å². The molecule has 2 fully saturated rings. The van der Waals surface area contributed by atoms with Crippen molar-refractivity contribution in [2.45, 2.75) is 52.1 Å². The van der Waals surface area contributed by atoms with E-state index in [1.165, 1.54) is 12.8 Å². The number of hydrogen-bond acceptors (Lipinski definition) is 3. The van der Waals surface area contributed by atoms with Gasteiger partial charge in [0.2, 0.25) is 5.24 Å². The van der Waals surface area contributed by atoms with Crippen LogP contribution in [0.15, 0.2) is 0 Å². The van der Waals surface area contributed by atoms with Crippen LogP contribution in [0, 0.1) is 11.3 Å². The summed E-state index contributed by atoms with van der Waals surface area (Å²) in [6.07, 6.45) is 3.49. The van der Waals surface area contributed by atoms with Crippen LogP contribution in [-0.4, -0.2) is 34.9 Å². The lowest BCUT2D eigenvalue weighted by Crippen LogP contribution is -2.38. The average Bonchev–Trinajstić information content (AvgIpc) is 2.92. The SMILES string of the molecule is CC(C)(C)OC(=O)N1CCC(CC2CC2)(C(=O)Cl)C1. The molecule has 1 aliphatic carbocycles. The Morgan fingerprint density at radius 3 is 2.47 bits per heavy atom. The van der Waals surface area contributed by atoms with Gasteiger partial charge in [0.05, 0.1) is 5.41 Å². The molecule has 0 radical (unpaired) electrons.